The molecule has 2 unspecified atom stereocenters. The highest BCUT2D eigenvalue weighted by Crippen LogP contribution is 2.35. The third kappa shape index (κ3) is 3.61. The number of nitrogens with one attached hydrogen (secondary N) is 1. The van der Waals surface area contributed by atoms with Gasteiger partial charge in [0, 0.05) is 38.1 Å². The Morgan fingerprint density at radius 1 is 1.47 bits per heavy atom. The summed E-state index contributed by atoms with van der Waals surface area (Å²) >= 11 is 0. The van der Waals surface area contributed by atoms with E-state index in [1.165, 1.54) is 31.2 Å². The molecule has 3 nitrogen and oxygen atoms in total. The van der Waals surface area contributed by atoms with E-state index in [0.717, 1.165) is 19.0 Å². The highest BCUT2D eigenvalue weighted by atomic mass is 15.2. The molecule has 1 aromatic heterocycles. The molecule has 1 heterocycles. The molecule has 0 radical (unpaired) electrons. The van der Waals surface area contributed by atoms with Crippen LogP contribution in [0.2, 0.25) is 0 Å². The summed E-state index contributed by atoms with van der Waals surface area (Å²) in [6, 6.07) is 2.19. The number of hydrogen-bond acceptors (Lipinski definition) is 2. The van der Waals surface area contributed by atoms with Gasteiger partial charge in [-0.05, 0) is 44.5 Å². The fourth-order valence-corrected chi connectivity index (χ4v) is 3.46. The van der Waals surface area contributed by atoms with E-state index in [1.54, 1.807) is 0 Å². The fraction of sp³-hybridized carbons (Fsp3) is 0.750. The first kappa shape index (κ1) is 14.6. The number of aryl methyl sites for hydroxylation is 1. The standard InChI is InChI=1S/C16H29N3/c1-14-6-5-8-16(10-14,18(2)3)13-17-11-15-7-9-19(4)12-15/h7,9,12,14,17H,5-6,8,10-11,13H2,1-4H3. The second-order valence-corrected chi connectivity index (χ2v) is 6.61. The van der Waals surface area contributed by atoms with Crippen molar-refractivity contribution in [2.24, 2.45) is 13.0 Å². The van der Waals surface area contributed by atoms with Crippen LogP contribution in [0.3, 0.4) is 0 Å². The second-order valence-electron chi connectivity index (χ2n) is 6.61. The molecule has 0 aliphatic heterocycles. The molecule has 3 heteroatoms. The molecule has 0 spiro atoms. The van der Waals surface area contributed by atoms with E-state index in [0.29, 0.717) is 5.54 Å². The summed E-state index contributed by atoms with van der Waals surface area (Å²) in [5, 5.41) is 3.67. The Hall–Kier alpha value is -0.800. The zero-order chi connectivity index (χ0) is 13.9. The minimum atomic E-state index is 0.354. The summed E-state index contributed by atoms with van der Waals surface area (Å²) in [6.07, 6.45) is 9.72. The maximum Gasteiger partial charge on any atom is 0.0330 e. The van der Waals surface area contributed by atoms with Crippen LogP contribution in [-0.4, -0.2) is 35.6 Å². The highest BCUT2D eigenvalue weighted by molar-refractivity contribution is 5.09. The molecular weight excluding hydrogens is 234 g/mol. The van der Waals surface area contributed by atoms with Crippen molar-refractivity contribution >= 4 is 0 Å². The van der Waals surface area contributed by atoms with Crippen LogP contribution in [0.25, 0.3) is 0 Å². The lowest BCUT2D eigenvalue weighted by Crippen LogP contribution is -2.54. The minimum absolute atomic E-state index is 0.354. The maximum absolute atomic E-state index is 3.67. The molecule has 108 valence electrons. The monoisotopic (exact) mass is 263 g/mol. The SMILES string of the molecule is CC1CCCC(CNCc2ccn(C)c2)(N(C)C)C1. The topological polar surface area (TPSA) is 20.2 Å². The highest BCUT2D eigenvalue weighted by Gasteiger charge is 2.36. The third-order valence-corrected chi connectivity index (χ3v) is 4.69. The summed E-state index contributed by atoms with van der Waals surface area (Å²) < 4.78 is 2.11. The van der Waals surface area contributed by atoms with Crippen molar-refractivity contribution < 1.29 is 0 Å². The molecule has 1 aromatic rings. The Balaban J connectivity index is 1.90. The van der Waals surface area contributed by atoms with Crippen molar-refractivity contribution in [3.05, 3.63) is 24.0 Å². The lowest BCUT2D eigenvalue weighted by molar-refractivity contribution is 0.0749. The Labute approximate surface area is 118 Å². The molecule has 0 saturated heterocycles. The molecule has 1 aliphatic carbocycles. The van der Waals surface area contributed by atoms with E-state index >= 15 is 0 Å². The van der Waals surface area contributed by atoms with Crippen molar-refractivity contribution in [1.82, 2.24) is 14.8 Å². The molecule has 0 amide bonds. The van der Waals surface area contributed by atoms with Gasteiger partial charge < -0.3 is 14.8 Å². The molecule has 2 rings (SSSR count). The maximum atomic E-state index is 3.67. The Kier molecular flexibility index (Phi) is 4.69. The van der Waals surface area contributed by atoms with E-state index in [1.807, 2.05) is 0 Å². The lowest BCUT2D eigenvalue weighted by atomic mass is 9.75. The van der Waals surface area contributed by atoms with Crippen molar-refractivity contribution in [1.29, 1.82) is 0 Å². The third-order valence-electron chi connectivity index (χ3n) is 4.69. The van der Waals surface area contributed by atoms with Gasteiger partial charge in [-0.3, -0.25) is 0 Å². The van der Waals surface area contributed by atoms with E-state index < -0.39 is 0 Å². The van der Waals surface area contributed by atoms with Crippen molar-refractivity contribution in [3.8, 4) is 0 Å². The summed E-state index contributed by atoms with van der Waals surface area (Å²) in [4.78, 5) is 2.45. The van der Waals surface area contributed by atoms with Gasteiger partial charge in [0.1, 0.15) is 0 Å². The van der Waals surface area contributed by atoms with Crippen LogP contribution in [0.15, 0.2) is 18.5 Å². The quantitative estimate of drug-likeness (QED) is 0.881. The molecule has 0 aromatic carbocycles. The molecular formula is C16H29N3. The van der Waals surface area contributed by atoms with Crippen molar-refractivity contribution in [3.63, 3.8) is 0 Å². The predicted molar refractivity (Wildman–Crippen MR) is 81.2 cm³/mol. The van der Waals surface area contributed by atoms with Crippen LogP contribution in [-0.2, 0) is 13.6 Å². The average molecular weight is 263 g/mol. The average Bonchev–Trinajstić information content (AvgIpc) is 2.75. The van der Waals surface area contributed by atoms with E-state index in [-0.39, 0.29) is 0 Å². The van der Waals surface area contributed by atoms with E-state index in [9.17, 15) is 0 Å². The van der Waals surface area contributed by atoms with Gasteiger partial charge in [0.2, 0.25) is 0 Å². The molecule has 1 fully saturated rings. The molecule has 2 atom stereocenters. The number of rotatable bonds is 5. The molecule has 1 N–H and O–H groups in total. The summed E-state index contributed by atoms with van der Waals surface area (Å²) in [5.41, 5.74) is 1.73. The minimum Gasteiger partial charge on any atom is -0.357 e. The molecule has 1 aliphatic rings. The first-order valence-electron chi connectivity index (χ1n) is 7.51. The molecule has 19 heavy (non-hydrogen) atoms. The van der Waals surface area contributed by atoms with Crippen molar-refractivity contribution in [2.75, 3.05) is 20.6 Å². The number of nitrogens with zero attached hydrogens (tertiary/aromatic N) is 2. The van der Waals surface area contributed by atoms with Gasteiger partial charge in [-0.15, -0.1) is 0 Å². The van der Waals surface area contributed by atoms with Crippen molar-refractivity contribution in [2.45, 2.75) is 44.7 Å². The van der Waals surface area contributed by atoms with Gasteiger partial charge in [0.25, 0.3) is 0 Å². The van der Waals surface area contributed by atoms with E-state index in [4.69, 9.17) is 0 Å². The van der Waals surface area contributed by atoms with Gasteiger partial charge in [0.05, 0.1) is 0 Å². The number of aromatic nitrogens is 1. The van der Waals surface area contributed by atoms with Gasteiger partial charge in [-0.25, -0.2) is 0 Å². The number of hydrogen-bond donors (Lipinski definition) is 1. The smallest absolute Gasteiger partial charge is 0.0330 e. The van der Waals surface area contributed by atoms with Crippen LogP contribution in [0, 0.1) is 5.92 Å². The first-order valence-corrected chi connectivity index (χ1v) is 7.51. The van der Waals surface area contributed by atoms with Crippen LogP contribution >= 0.6 is 0 Å². The van der Waals surface area contributed by atoms with Gasteiger partial charge >= 0.3 is 0 Å². The zero-order valence-electron chi connectivity index (χ0n) is 12.9. The van der Waals surface area contributed by atoms with Gasteiger partial charge in [0.15, 0.2) is 0 Å². The summed E-state index contributed by atoms with van der Waals surface area (Å²) in [7, 11) is 6.55. The second kappa shape index (κ2) is 6.10. The summed E-state index contributed by atoms with van der Waals surface area (Å²) in [6.45, 7) is 4.47. The number of likely N-dealkylation sites (N-methyl/N-ethyl adjacent to an activating group) is 1. The fourth-order valence-electron chi connectivity index (χ4n) is 3.46. The molecule has 1 saturated carbocycles. The Morgan fingerprint density at radius 2 is 2.26 bits per heavy atom. The Morgan fingerprint density at radius 3 is 2.84 bits per heavy atom. The van der Waals surface area contributed by atoms with Gasteiger partial charge in [-0.1, -0.05) is 19.8 Å². The normalized spacial score (nSPS) is 27.9. The van der Waals surface area contributed by atoms with E-state index in [2.05, 4.69) is 61.3 Å². The van der Waals surface area contributed by atoms with Crippen LogP contribution in [0.5, 0.6) is 0 Å². The lowest BCUT2D eigenvalue weighted by Gasteiger charge is -2.45. The van der Waals surface area contributed by atoms with Crippen LogP contribution < -0.4 is 5.32 Å². The molecule has 0 bridgehead atoms. The Bertz CT molecular complexity index is 396. The largest absolute Gasteiger partial charge is 0.357 e. The van der Waals surface area contributed by atoms with Gasteiger partial charge in [-0.2, -0.15) is 0 Å². The summed E-state index contributed by atoms with van der Waals surface area (Å²) in [5.74, 6) is 0.856. The predicted octanol–water partition coefficient (Wildman–Crippen LogP) is 2.63. The zero-order valence-corrected chi connectivity index (χ0v) is 12.9. The van der Waals surface area contributed by atoms with Crippen LogP contribution in [0.4, 0.5) is 0 Å². The first-order chi connectivity index (χ1) is 9.02. The van der Waals surface area contributed by atoms with Crippen LogP contribution in [0.1, 0.15) is 38.2 Å².